The van der Waals surface area contributed by atoms with Crippen LogP contribution in [0.5, 0.6) is 0 Å². The zero-order chi connectivity index (χ0) is 9.14. The van der Waals surface area contributed by atoms with Crippen LogP contribution in [0.3, 0.4) is 0 Å². The number of hydrogen-bond donors (Lipinski definition) is 3. The van der Waals surface area contributed by atoms with E-state index in [-0.39, 0.29) is 0 Å². The molecule has 0 aromatic carbocycles. The third-order valence-electron chi connectivity index (χ3n) is 1.89. The molecule has 4 nitrogen and oxygen atoms in total. The molecule has 2 unspecified atom stereocenters. The van der Waals surface area contributed by atoms with Crippen LogP contribution in [-0.2, 0) is 4.79 Å². The van der Waals surface area contributed by atoms with Gasteiger partial charge in [0, 0.05) is 5.70 Å². The molecule has 1 aliphatic carbocycles. The molecule has 0 fully saturated rings. The summed E-state index contributed by atoms with van der Waals surface area (Å²) in [6, 6.07) is -0.878. The van der Waals surface area contributed by atoms with Crippen LogP contribution in [0.4, 0.5) is 0 Å². The molecular weight excluding hydrogens is 158 g/mol. The van der Waals surface area contributed by atoms with E-state index in [1.807, 2.05) is 6.08 Å². The van der Waals surface area contributed by atoms with Crippen molar-refractivity contribution in [2.75, 3.05) is 0 Å². The lowest BCUT2D eigenvalue weighted by atomic mass is 10.0. The molecule has 0 aromatic heterocycles. The van der Waals surface area contributed by atoms with E-state index in [4.69, 9.17) is 10.2 Å². The summed E-state index contributed by atoms with van der Waals surface area (Å²) in [5, 5.41) is 20.5. The molecule has 12 heavy (non-hydrogen) atoms. The van der Waals surface area contributed by atoms with Crippen LogP contribution in [0.25, 0.3) is 0 Å². The smallest absolute Gasteiger partial charge is 0.328 e. The summed E-state index contributed by atoms with van der Waals surface area (Å²) in [5.41, 5.74) is 0.920. The van der Waals surface area contributed by atoms with E-state index in [1.54, 1.807) is 0 Å². The Morgan fingerprint density at radius 2 is 2.33 bits per heavy atom. The van der Waals surface area contributed by atoms with Crippen molar-refractivity contribution in [3.05, 3.63) is 11.8 Å². The molecule has 0 radical (unpaired) electrons. The van der Waals surface area contributed by atoms with Crippen molar-refractivity contribution in [3.63, 3.8) is 0 Å². The highest BCUT2D eigenvalue weighted by atomic mass is 16.4. The standard InChI is InChI=1S/C8H13NO3/c1-5(10)7(8(11)12)9-6-3-2-4-6/h3,5,7,9-10H,2,4H2,1H3,(H,11,12). The lowest BCUT2D eigenvalue weighted by Crippen LogP contribution is -2.45. The number of carboxylic acids is 1. The molecule has 3 N–H and O–H groups in total. The number of aliphatic hydroxyl groups is 1. The maximum atomic E-state index is 10.6. The van der Waals surface area contributed by atoms with Gasteiger partial charge in [-0.2, -0.15) is 0 Å². The Bertz CT molecular complexity index is 210. The molecule has 0 spiro atoms. The maximum Gasteiger partial charge on any atom is 0.328 e. The summed E-state index contributed by atoms with van der Waals surface area (Å²) in [6.45, 7) is 1.46. The van der Waals surface area contributed by atoms with Gasteiger partial charge in [-0.1, -0.05) is 6.08 Å². The van der Waals surface area contributed by atoms with Crippen LogP contribution in [0.1, 0.15) is 19.8 Å². The molecule has 2 atom stereocenters. The zero-order valence-corrected chi connectivity index (χ0v) is 6.95. The Morgan fingerprint density at radius 3 is 2.58 bits per heavy atom. The van der Waals surface area contributed by atoms with Gasteiger partial charge in [-0.3, -0.25) is 0 Å². The summed E-state index contributed by atoms with van der Waals surface area (Å²) >= 11 is 0. The largest absolute Gasteiger partial charge is 0.480 e. The first-order valence-corrected chi connectivity index (χ1v) is 3.97. The second kappa shape index (κ2) is 3.58. The highest BCUT2D eigenvalue weighted by Crippen LogP contribution is 2.15. The molecule has 0 saturated carbocycles. The fourth-order valence-corrected chi connectivity index (χ4v) is 1.01. The number of carbonyl (C=O) groups is 1. The Labute approximate surface area is 70.9 Å². The number of carboxylic acid groups (broad SMARTS) is 1. The van der Waals surface area contributed by atoms with E-state index in [9.17, 15) is 4.79 Å². The van der Waals surface area contributed by atoms with Gasteiger partial charge in [0.25, 0.3) is 0 Å². The minimum absolute atomic E-state index is 0.871. The van der Waals surface area contributed by atoms with E-state index in [2.05, 4.69) is 5.32 Å². The third kappa shape index (κ3) is 1.98. The van der Waals surface area contributed by atoms with E-state index >= 15 is 0 Å². The molecule has 0 aliphatic heterocycles. The van der Waals surface area contributed by atoms with Gasteiger partial charge < -0.3 is 15.5 Å². The normalized spacial score (nSPS) is 20.3. The highest BCUT2D eigenvalue weighted by Gasteiger charge is 2.24. The van der Waals surface area contributed by atoms with E-state index in [0.717, 1.165) is 18.5 Å². The summed E-state index contributed by atoms with van der Waals surface area (Å²) in [5.74, 6) is -1.02. The van der Waals surface area contributed by atoms with Gasteiger partial charge in [-0.05, 0) is 19.8 Å². The first kappa shape index (κ1) is 9.06. The second-order valence-electron chi connectivity index (χ2n) is 2.97. The Morgan fingerprint density at radius 1 is 1.75 bits per heavy atom. The molecule has 68 valence electrons. The number of allylic oxidation sites excluding steroid dienone is 2. The minimum Gasteiger partial charge on any atom is -0.480 e. The first-order chi connectivity index (χ1) is 5.61. The topological polar surface area (TPSA) is 69.6 Å². The number of aliphatic carboxylic acids is 1. The average molecular weight is 171 g/mol. The quantitative estimate of drug-likeness (QED) is 0.560. The van der Waals surface area contributed by atoms with Gasteiger partial charge in [0.2, 0.25) is 0 Å². The number of hydrogen-bond acceptors (Lipinski definition) is 3. The molecular formula is C8H13NO3. The van der Waals surface area contributed by atoms with Crippen LogP contribution in [0, 0.1) is 0 Å². The lowest BCUT2D eigenvalue weighted by Gasteiger charge is -2.23. The van der Waals surface area contributed by atoms with Crippen molar-refractivity contribution in [1.29, 1.82) is 0 Å². The second-order valence-corrected chi connectivity index (χ2v) is 2.97. The summed E-state index contributed by atoms with van der Waals surface area (Å²) in [6.07, 6.45) is 2.94. The molecule has 0 amide bonds. The summed E-state index contributed by atoms with van der Waals surface area (Å²) in [4.78, 5) is 10.6. The molecule has 1 aliphatic rings. The van der Waals surface area contributed by atoms with Crippen molar-refractivity contribution in [2.45, 2.75) is 31.9 Å². The fraction of sp³-hybridized carbons (Fsp3) is 0.625. The van der Waals surface area contributed by atoms with Gasteiger partial charge in [-0.15, -0.1) is 0 Å². The van der Waals surface area contributed by atoms with Crippen molar-refractivity contribution in [1.82, 2.24) is 5.32 Å². The number of nitrogens with one attached hydrogen (secondary N) is 1. The lowest BCUT2D eigenvalue weighted by molar-refractivity contribution is -0.141. The van der Waals surface area contributed by atoms with E-state index in [0.29, 0.717) is 0 Å². The van der Waals surface area contributed by atoms with Crippen LogP contribution in [0.15, 0.2) is 11.8 Å². The average Bonchev–Trinajstić information content (AvgIpc) is 1.82. The van der Waals surface area contributed by atoms with Crippen LogP contribution in [0.2, 0.25) is 0 Å². The van der Waals surface area contributed by atoms with Crippen molar-refractivity contribution < 1.29 is 15.0 Å². The summed E-state index contributed by atoms with van der Waals surface area (Å²) < 4.78 is 0. The molecule has 0 saturated heterocycles. The molecule has 0 heterocycles. The van der Waals surface area contributed by atoms with Gasteiger partial charge in [0.05, 0.1) is 6.10 Å². The van der Waals surface area contributed by atoms with Crippen molar-refractivity contribution in [3.8, 4) is 0 Å². The third-order valence-corrected chi connectivity index (χ3v) is 1.89. The molecule has 4 heteroatoms. The minimum atomic E-state index is -1.02. The van der Waals surface area contributed by atoms with Crippen molar-refractivity contribution in [2.24, 2.45) is 0 Å². The SMILES string of the molecule is CC(O)C(NC1=CCC1)C(=O)O. The Hall–Kier alpha value is -1.03. The monoisotopic (exact) mass is 171 g/mol. The van der Waals surface area contributed by atoms with E-state index < -0.39 is 18.1 Å². The van der Waals surface area contributed by atoms with Gasteiger partial charge in [0.1, 0.15) is 0 Å². The van der Waals surface area contributed by atoms with Crippen LogP contribution >= 0.6 is 0 Å². The predicted octanol–water partition coefficient (Wildman–Crippen LogP) is 0.0877. The first-order valence-electron chi connectivity index (χ1n) is 3.97. The molecule has 0 bridgehead atoms. The number of aliphatic hydroxyl groups excluding tert-OH is 1. The molecule has 1 rings (SSSR count). The van der Waals surface area contributed by atoms with Gasteiger partial charge in [0.15, 0.2) is 6.04 Å². The number of rotatable bonds is 4. The molecule has 0 aromatic rings. The summed E-state index contributed by atoms with van der Waals surface area (Å²) in [7, 11) is 0. The van der Waals surface area contributed by atoms with Gasteiger partial charge in [-0.25, -0.2) is 4.79 Å². The Kier molecular flexibility index (Phi) is 2.70. The van der Waals surface area contributed by atoms with E-state index in [1.165, 1.54) is 6.92 Å². The zero-order valence-electron chi connectivity index (χ0n) is 6.95. The fourth-order valence-electron chi connectivity index (χ4n) is 1.01. The highest BCUT2D eigenvalue weighted by molar-refractivity contribution is 5.74. The van der Waals surface area contributed by atoms with Crippen LogP contribution in [-0.4, -0.2) is 28.3 Å². The predicted molar refractivity (Wildman–Crippen MR) is 43.6 cm³/mol. The van der Waals surface area contributed by atoms with Gasteiger partial charge >= 0.3 is 5.97 Å². The van der Waals surface area contributed by atoms with Crippen LogP contribution < -0.4 is 5.32 Å². The van der Waals surface area contributed by atoms with Crippen molar-refractivity contribution >= 4 is 5.97 Å². The Balaban J connectivity index is 2.48. The maximum absolute atomic E-state index is 10.6.